The van der Waals surface area contributed by atoms with E-state index in [1.807, 2.05) is 34.9 Å². The molecule has 0 bridgehead atoms. The summed E-state index contributed by atoms with van der Waals surface area (Å²) in [6, 6.07) is 12.9. The average molecular weight is 293 g/mol. The summed E-state index contributed by atoms with van der Waals surface area (Å²) in [5.41, 5.74) is 2.57. The monoisotopic (exact) mass is 292 g/mol. The standard InChI is InChI=1S/C14H10ClFN2S/c15-10-6-12-13(7-11(10)16)18(14(19)17-12)8-9-4-2-1-3-5-9/h1-7H,8H2,(H,17,19). The zero-order valence-corrected chi connectivity index (χ0v) is 11.4. The van der Waals surface area contributed by atoms with Gasteiger partial charge in [0, 0.05) is 6.07 Å². The minimum absolute atomic E-state index is 0.0932. The maximum Gasteiger partial charge on any atom is 0.178 e. The normalized spacial score (nSPS) is 11.1. The second kappa shape index (κ2) is 4.79. The predicted molar refractivity (Wildman–Crippen MR) is 77.6 cm³/mol. The molecule has 1 heterocycles. The van der Waals surface area contributed by atoms with Crippen LogP contribution in [-0.4, -0.2) is 9.55 Å². The third-order valence-electron chi connectivity index (χ3n) is 3.00. The van der Waals surface area contributed by atoms with Crippen molar-refractivity contribution in [2.24, 2.45) is 0 Å². The maximum absolute atomic E-state index is 13.6. The first-order chi connectivity index (χ1) is 9.15. The molecule has 0 saturated carbocycles. The fourth-order valence-corrected chi connectivity index (χ4v) is 2.51. The summed E-state index contributed by atoms with van der Waals surface area (Å²) >= 11 is 11.1. The number of fused-ring (bicyclic) bond motifs is 1. The Morgan fingerprint density at radius 1 is 1.21 bits per heavy atom. The fourth-order valence-electron chi connectivity index (χ4n) is 2.07. The van der Waals surface area contributed by atoms with Gasteiger partial charge >= 0.3 is 0 Å². The van der Waals surface area contributed by atoms with Crippen LogP contribution in [0.3, 0.4) is 0 Å². The van der Waals surface area contributed by atoms with Gasteiger partial charge in [0.15, 0.2) is 4.77 Å². The quantitative estimate of drug-likeness (QED) is 0.688. The zero-order valence-electron chi connectivity index (χ0n) is 9.86. The SMILES string of the molecule is Fc1cc2c(cc1Cl)[nH]c(=S)n2Cc1ccccc1. The Bertz CT molecular complexity index is 792. The molecule has 3 aromatic rings. The Morgan fingerprint density at radius 3 is 2.68 bits per heavy atom. The molecule has 19 heavy (non-hydrogen) atoms. The maximum atomic E-state index is 13.6. The number of halogens is 2. The van der Waals surface area contributed by atoms with Gasteiger partial charge in [-0.2, -0.15) is 0 Å². The number of aromatic amines is 1. The topological polar surface area (TPSA) is 20.7 Å². The molecule has 3 rings (SSSR count). The molecule has 1 N–H and O–H groups in total. The zero-order chi connectivity index (χ0) is 13.4. The van der Waals surface area contributed by atoms with Gasteiger partial charge in [-0.1, -0.05) is 41.9 Å². The van der Waals surface area contributed by atoms with Crippen LogP contribution in [-0.2, 0) is 6.54 Å². The van der Waals surface area contributed by atoms with E-state index in [0.29, 0.717) is 11.3 Å². The average Bonchev–Trinajstić information content (AvgIpc) is 2.68. The van der Waals surface area contributed by atoms with Gasteiger partial charge in [-0.25, -0.2) is 4.39 Å². The molecule has 5 heteroatoms. The van der Waals surface area contributed by atoms with Gasteiger partial charge in [0.1, 0.15) is 5.82 Å². The highest BCUT2D eigenvalue weighted by Gasteiger charge is 2.09. The lowest BCUT2D eigenvalue weighted by Crippen LogP contribution is -1.99. The molecule has 2 nitrogen and oxygen atoms in total. The van der Waals surface area contributed by atoms with Crippen LogP contribution in [0.25, 0.3) is 11.0 Å². The van der Waals surface area contributed by atoms with E-state index < -0.39 is 5.82 Å². The first-order valence-electron chi connectivity index (χ1n) is 5.76. The van der Waals surface area contributed by atoms with Crippen LogP contribution in [0.1, 0.15) is 5.56 Å². The van der Waals surface area contributed by atoms with Crippen molar-refractivity contribution in [1.29, 1.82) is 0 Å². The van der Waals surface area contributed by atoms with Gasteiger partial charge < -0.3 is 9.55 Å². The van der Waals surface area contributed by atoms with E-state index in [0.717, 1.165) is 16.6 Å². The number of rotatable bonds is 2. The number of H-pyrrole nitrogens is 1. The Labute approximate surface area is 119 Å². The van der Waals surface area contributed by atoms with Crippen LogP contribution in [0.4, 0.5) is 4.39 Å². The van der Waals surface area contributed by atoms with Crippen LogP contribution < -0.4 is 0 Å². The van der Waals surface area contributed by atoms with E-state index in [2.05, 4.69) is 4.98 Å². The van der Waals surface area contributed by atoms with E-state index in [9.17, 15) is 4.39 Å². The first kappa shape index (κ1) is 12.4. The van der Waals surface area contributed by atoms with Crippen LogP contribution in [0.15, 0.2) is 42.5 Å². The van der Waals surface area contributed by atoms with Gasteiger partial charge in [-0.3, -0.25) is 0 Å². The van der Waals surface area contributed by atoms with Crippen molar-refractivity contribution in [2.45, 2.75) is 6.54 Å². The van der Waals surface area contributed by atoms with E-state index in [-0.39, 0.29) is 5.02 Å². The summed E-state index contributed by atoms with van der Waals surface area (Å²) in [6.45, 7) is 0.598. The van der Waals surface area contributed by atoms with Crippen molar-refractivity contribution in [2.75, 3.05) is 0 Å². The number of nitrogens with zero attached hydrogens (tertiary/aromatic N) is 1. The lowest BCUT2D eigenvalue weighted by atomic mass is 10.2. The molecule has 0 aliphatic carbocycles. The minimum atomic E-state index is -0.440. The largest absolute Gasteiger partial charge is 0.331 e. The molecule has 0 radical (unpaired) electrons. The number of nitrogens with one attached hydrogen (secondary N) is 1. The number of benzene rings is 2. The summed E-state index contributed by atoms with van der Waals surface area (Å²) in [6.07, 6.45) is 0. The smallest absolute Gasteiger partial charge is 0.178 e. The number of imidazole rings is 1. The summed E-state index contributed by atoms with van der Waals surface area (Å²) in [7, 11) is 0. The highest BCUT2D eigenvalue weighted by molar-refractivity contribution is 7.71. The molecule has 0 unspecified atom stereocenters. The van der Waals surface area contributed by atoms with Crippen molar-refractivity contribution in [1.82, 2.24) is 9.55 Å². The number of hydrogen-bond donors (Lipinski definition) is 1. The lowest BCUT2D eigenvalue weighted by Gasteiger charge is -2.05. The van der Waals surface area contributed by atoms with Crippen molar-refractivity contribution < 1.29 is 4.39 Å². The van der Waals surface area contributed by atoms with Crippen LogP contribution in [0.5, 0.6) is 0 Å². The number of aromatic nitrogens is 2. The van der Waals surface area contributed by atoms with Crippen LogP contribution in [0.2, 0.25) is 5.02 Å². The van der Waals surface area contributed by atoms with Crippen molar-refractivity contribution >= 4 is 34.9 Å². The second-order valence-electron chi connectivity index (χ2n) is 4.29. The van der Waals surface area contributed by atoms with Gasteiger partial charge in [0.2, 0.25) is 0 Å². The predicted octanol–water partition coefficient (Wildman–Crippen LogP) is 4.54. The Hall–Kier alpha value is -1.65. The van der Waals surface area contributed by atoms with Gasteiger partial charge in [0.05, 0.1) is 22.6 Å². The van der Waals surface area contributed by atoms with Crippen LogP contribution >= 0.6 is 23.8 Å². The summed E-state index contributed by atoms with van der Waals surface area (Å²) < 4.78 is 16.0. The van der Waals surface area contributed by atoms with Crippen LogP contribution in [0, 0.1) is 10.6 Å². The third kappa shape index (κ3) is 2.29. The molecule has 96 valence electrons. The van der Waals surface area contributed by atoms with Crippen molar-refractivity contribution in [3.63, 3.8) is 0 Å². The molecule has 0 atom stereocenters. The van der Waals surface area contributed by atoms with E-state index >= 15 is 0 Å². The number of hydrogen-bond acceptors (Lipinski definition) is 1. The lowest BCUT2D eigenvalue weighted by molar-refractivity contribution is 0.629. The van der Waals surface area contributed by atoms with Crippen molar-refractivity contribution in [3.8, 4) is 0 Å². The Morgan fingerprint density at radius 2 is 1.95 bits per heavy atom. The highest BCUT2D eigenvalue weighted by Crippen LogP contribution is 2.23. The molecule has 0 aliphatic rings. The Kier molecular flexibility index (Phi) is 3.12. The van der Waals surface area contributed by atoms with Gasteiger partial charge in [0.25, 0.3) is 0 Å². The second-order valence-corrected chi connectivity index (χ2v) is 5.08. The summed E-state index contributed by atoms with van der Waals surface area (Å²) in [5.74, 6) is -0.440. The third-order valence-corrected chi connectivity index (χ3v) is 3.61. The van der Waals surface area contributed by atoms with E-state index in [1.165, 1.54) is 6.07 Å². The fraction of sp³-hybridized carbons (Fsp3) is 0.0714. The first-order valence-corrected chi connectivity index (χ1v) is 6.55. The van der Waals surface area contributed by atoms with Crippen molar-refractivity contribution in [3.05, 3.63) is 63.6 Å². The molecule has 0 aliphatic heterocycles. The molecule has 0 saturated heterocycles. The van der Waals surface area contributed by atoms with Gasteiger partial charge in [-0.05, 0) is 23.8 Å². The summed E-state index contributed by atoms with van der Waals surface area (Å²) in [5, 5.41) is 0.0932. The van der Waals surface area contributed by atoms with Gasteiger partial charge in [-0.15, -0.1) is 0 Å². The molecule has 1 aromatic heterocycles. The minimum Gasteiger partial charge on any atom is -0.331 e. The molecule has 0 spiro atoms. The molecular formula is C14H10ClFN2S. The molecular weight excluding hydrogens is 283 g/mol. The molecule has 0 amide bonds. The molecule has 2 aromatic carbocycles. The van der Waals surface area contributed by atoms with E-state index in [4.69, 9.17) is 23.8 Å². The molecule has 0 fully saturated rings. The summed E-state index contributed by atoms with van der Waals surface area (Å²) in [4.78, 5) is 3.04. The Balaban J connectivity index is 2.16. The highest BCUT2D eigenvalue weighted by atomic mass is 35.5. The van der Waals surface area contributed by atoms with E-state index in [1.54, 1.807) is 6.07 Å².